The first-order chi connectivity index (χ1) is 10.7. The standard InChI is InChI=1S/C17H15FN4/c1-12-11-16(20-14-5-3-2-4-6-14)22-17(19-12)21-15-9-7-13(18)8-10-15/h2-11H,1H3,(H2,19,20,21,22). The van der Waals surface area contributed by atoms with Gasteiger partial charge < -0.3 is 10.6 Å². The lowest BCUT2D eigenvalue weighted by Crippen LogP contribution is -2.02. The second-order valence-corrected chi connectivity index (χ2v) is 4.84. The SMILES string of the molecule is Cc1cc(Nc2ccccc2)nc(Nc2ccc(F)cc2)n1. The molecule has 0 saturated carbocycles. The number of rotatable bonds is 4. The Kier molecular flexibility index (Phi) is 3.96. The Bertz CT molecular complexity index is 757. The quantitative estimate of drug-likeness (QED) is 0.748. The van der Waals surface area contributed by atoms with Crippen LogP contribution in [0.1, 0.15) is 5.69 Å². The minimum atomic E-state index is -0.276. The average molecular weight is 294 g/mol. The van der Waals surface area contributed by atoms with E-state index in [-0.39, 0.29) is 5.82 Å². The largest absolute Gasteiger partial charge is 0.340 e. The van der Waals surface area contributed by atoms with Gasteiger partial charge in [0, 0.05) is 23.1 Å². The molecule has 3 rings (SSSR count). The Hall–Kier alpha value is -2.95. The van der Waals surface area contributed by atoms with Crippen molar-refractivity contribution < 1.29 is 4.39 Å². The first-order valence-corrected chi connectivity index (χ1v) is 6.89. The monoisotopic (exact) mass is 294 g/mol. The highest BCUT2D eigenvalue weighted by Gasteiger charge is 2.03. The lowest BCUT2D eigenvalue weighted by molar-refractivity contribution is 0.628. The van der Waals surface area contributed by atoms with E-state index >= 15 is 0 Å². The summed E-state index contributed by atoms with van der Waals surface area (Å²) >= 11 is 0. The van der Waals surface area contributed by atoms with Gasteiger partial charge >= 0.3 is 0 Å². The predicted molar refractivity (Wildman–Crippen MR) is 86.2 cm³/mol. The van der Waals surface area contributed by atoms with Gasteiger partial charge in [0.25, 0.3) is 0 Å². The summed E-state index contributed by atoms with van der Waals surface area (Å²) in [7, 11) is 0. The van der Waals surface area contributed by atoms with Gasteiger partial charge in [-0.15, -0.1) is 0 Å². The van der Waals surface area contributed by atoms with Gasteiger partial charge in [-0.3, -0.25) is 0 Å². The number of hydrogen-bond acceptors (Lipinski definition) is 4. The van der Waals surface area contributed by atoms with E-state index in [0.29, 0.717) is 11.8 Å². The van der Waals surface area contributed by atoms with Crippen LogP contribution in [0.3, 0.4) is 0 Å². The van der Waals surface area contributed by atoms with Gasteiger partial charge in [0.05, 0.1) is 0 Å². The van der Waals surface area contributed by atoms with E-state index in [9.17, 15) is 4.39 Å². The predicted octanol–water partition coefficient (Wildman–Crippen LogP) is 4.41. The number of anilines is 4. The minimum absolute atomic E-state index is 0.276. The normalized spacial score (nSPS) is 10.3. The Morgan fingerprint density at radius 1 is 0.818 bits per heavy atom. The number of benzene rings is 2. The molecular weight excluding hydrogens is 279 g/mol. The minimum Gasteiger partial charge on any atom is -0.340 e. The molecule has 0 bridgehead atoms. The Balaban J connectivity index is 1.82. The van der Waals surface area contributed by atoms with Gasteiger partial charge in [-0.1, -0.05) is 18.2 Å². The van der Waals surface area contributed by atoms with Crippen molar-refractivity contribution in [3.8, 4) is 0 Å². The number of para-hydroxylation sites is 1. The molecule has 2 N–H and O–H groups in total. The van der Waals surface area contributed by atoms with Crippen LogP contribution in [0.4, 0.5) is 27.5 Å². The highest BCUT2D eigenvalue weighted by molar-refractivity contribution is 5.59. The first kappa shape index (κ1) is 14.0. The summed E-state index contributed by atoms with van der Waals surface area (Å²) < 4.78 is 12.9. The number of aromatic nitrogens is 2. The molecule has 1 aromatic heterocycles. The van der Waals surface area contributed by atoms with Crippen molar-refractivity contribution in [3.05, 3.63) is 72.2 Å². The van der Waals surface area contributed by atoms with Gasteiger partial charge in [0.2, 0.25) is 5.95 Å². The maximum atomic E-state index is 12.9. The van der Waals surface area contributed by atoms with Crippen molar-refractivity contribution in [1.29, 1.82) is 0 Å². The molecular formula is C17H15FN4. The van der Waals surface area contributed by atoms with Crippen molar-refractivity contribution in [2.45, 2.75) is 6.92 Å². The summed E-state index contributed by atoms with van der Waals surface area (Å²) in [6.07, 6.45) is 0. The van der Waals surface area contributed by atoms with Gasteiger partial charge in [-0.2, -0.15) is 4.98 Å². The van der Waals surface area contributed by atoms with Crippen LogP contribution in [-0.4, -0.2) is 9.97 Å². The second-order valence-electron chi connectivity index (χ2n) is 4.84. The van der Waals surface area contributed by atoms with Crippen LogP contribution in [-0.2, 0) is 0 Å². The lowest BCUT2D eigenvalue weighted by Gasteiger charge is -2.10. The molecule has 1 heterocycles. The van der Waals surface area contributed by atoms with E-state index in [1.54, 1.807) is 12.1 Å². The molecule has 0 spiro atoms. The fraction of sp³-hybridized carbons (Fsp3) is 0.0588. The molecule has 0 aliphatic carbocycles. The fourth-order valence-corrected chi connectivity index (χ4v) is 2.02. The van der Waals surface area contributed by atoms with Crippen LogP contribution in [0.5, 0.6) is 0 Å². The Morgan fingerprint density at radius 3 is 2.23 bits per heavy atom. The molecule has 0 aliphatic heterocycles. The molecule has 0 fully saturated rings. The van der Waals surface area contributed by atoms with Gasteiger partial charge in [0.15, 0.2) is 0 Å². The van der Waals surface area contributed by atoms with E-state index < -0.39 is 0 Å². The maximum absolute atomic E-state index is 12.9. The van der Waals surface area contributed by atoms with E-state index in [2.05, 4.69) is 20.6 Å². The van der Waals surface area contributed by atoms with Crippen molar-refractivity contribution in [2.24, 2.45) is 0 Å². The highest BCUT2D eigenvalue weighted by atomic mass is 19.1. The molecule has 3 aromatic rings. The molecule has 0 aliphatic rings. The number of aryl methyl sites for hydroxylation is 1. The summed E-state index contributed by atoms with van der Waals surface area (Å²) in [6.45, 7) is 1.90. The molecule has 0 saturated heterocycles. The van der Waals surface area contributed by atoms with Gasteiger partial charge in [-0.05, 0) is 43.3 Å². The molecule has 2 aromatic carbocycles. The number of halogens is 1. The third-order valence-electron chi connectivity index (χ3n) is 3.00. The lowest BCUT2D eigenvalue weighted by atomic mass is 10.3. The summed E-state index contributed by atoms with van der Waals surface area (Å²) in [6, 6.07) is 17.7. The van der Waals surface area contributed by atoms with Crippen molar-refractivity contribution in [2.75, 3.05) is 10.6 Å². The molecule has 22 heavy (non-hydrogen) atoms. The van der Waals surface area contributed by atoms with Crippen LogP contribution in [0.15, 0.2) is 60.7 Å². The summed E-state index contributed by atoms with van der Waals surface area (Å²) in [4.78, 5) is 8.76. The van der Waals surface area contributed by atoms with Gasteiger partial charge in [0.1, 0.15) is 11.6 Å². The fourth-order valence-electron chi connectivity index (χ4n) is 2.02. The molecule has 4 nitrogen and oxygen atoms in total. The molecule has 5 heteroatoms. The van der Waals surface area contributed by atoms with Crippen LogP contribution in [0.2, 0.25) is 0 Å². The van der Waals surface area contributed by atoms with E-state index in [4.69, 9.17) is 0 Å². The van der Waals surface area contributed by atoms with Gasteiger partial charge in [-0.25, -0.2) is 9.37 Å². The molecule has 0 atom stereocenters. The smallest absolute Gasteiger partial charge is 0.229 e. The van der Waals surface area contributed by atoms with Crippen LogP contribution >= 0.6 is 0 Å². The van der Waals surface area contributed by atoms with Crippen LogP contribution in [0.25, 0.3) is 0 Å². The second kappa shape index (κ2) is 6.22. The molecule has 0 unspecified atom stereocenters. The first-order valence-electron chi connectivity index (χ1n) is 6.89. The molecule has 0 amide bonds. The number of nitrogens with zero attached hydrogens (tertiary/aromatic N) is 2. The Labute approximate surface area is 128 Å². The molecule has 0 radical (unpaired) electrons. The number of nitrogens with one attached hydrogen (secondary N) is 2. The summed E-state index contributed by atoms with van der Waals surface area (Å²) in [5.41, 5.74) is 2.52. The van der Waals surface area contributed by atoms with Crippen LogP contribution < -0.4 is 10.6 Å². The third-order valence-corrected chi connectivity index (χ3v) is 3.00. The number of hydrogen-bond donors (Lipinski definition) is 2. The van der Waals surface area contributed by atoms with Crippen molar-refractivity contribution in [1.82, 2.24) is 9.97 Å². The average Bonchev–Trinajstić information content (AvgIpc) is 2.50. The third kappa shape index (κ3) is 3.58. The zero-order valence-corrected chi connectivity index (χ0v) is 12.0. The zero-order valence-electron chi connectivity index (χ0n) is 12.0. The summed E-state index contributed by atoms with van der Waals surface area (Å²) in [5, 5.41) is 6.30. The highest BCUT2D eigenvalue weighted by Crippen LogP contribution is 2.19. The topological polar surface area (TPSA) is 49.8 Å². The van der Waals surface area contributed by atoms with Crippen LogP contribution in [0, 0.1) is 12.7 Å². The zero-order chi connectivity index (χ0) is 15.4. The van der Waals surface area contributed by atoms with E-state index in [1.807, 2.05) is 43.3 Å². The van der Waals surface area contributed by atoms with Crippen molar-refractivity contribution >= 4 is 23.1 Å². The molecule has 110 valence electrons. The summed E-state index contributed by atoms with van der Waals surface area (Å²) in [5.74, 6) is 0.885. The maximum Gasteiger partial charge on any atom is 0.229 e. The van der Waals surface area contributed by atoms with Crippen molar-refractivity contribution in [3.63, 3.8) is 0 Å². The van der Waals surface area contributed by atoms with E-state index in [0.717, 1.165) is 17.1 Å². The van der Waals surface area contributed by atoms with E-state index in [1.165, 1.54) is 12.1 Å². The Morgan fingerprint density at radius 2 is 1.50 bits per heavy atom.